The quantitative estimate of drug-likeness (QED) is 0.224. The van der Waals surface area contributed by atoms with Crippen LogP contribution in [0, 0.1) is 11.8 Å². The number of carboxylic acids is 1. The zero-order valence-electron chi connectivity index (χ0n) is 23.0. The molecule has 2 bridgehead atoms. The monoisotopic (exact) mass is 567 g/mol. The van der Waals surface area contributed by atoms with E-state index in [0.29, 0.717) is 53.1 Å². The fourth-order valence-electron chi connectivity index (χ4n) is 6.81. The van der Waals surface area contributed by atoms with Crippen LogP contribution in [0.1, 0.15) is 66.1 Å². The van der Waals surface area contributed by atoms with Crippen LogP contribution < -0.4 is 0 Å². The fourth-order valence-corrected chi connectivity index (χ4v) is 6.94. The van der Waals surface area contributed by atoms with E-state index in [-0.39, 0.29) is 12.3 Å². The van der Waals surface area contributed by atoms with Gasteiger partial charge in [-0.3, -0.25) is 9.59 Å². The molecule has 1 N–H and O–H groups in total. The first kappa shape index (κ1) is 27.4. The molecule has 1 aliphatic heterocycles. The van der Waals surface area contributed by atoms with Gasteiger partial charge >= 0.3 is 5.97 Å². The summed E-state index contributed by atoms with van der Waals surface area (Å²) in [6.45, 7) is 1.56. The minimum Gasteiger partial charge on any atom is -0.481 e. The Morgan fingerprint density at radius 3 is 2.32 bits per heavy atom. The maximum Gasteiger partial charge on any atom is 0.303 e. The molecular formula is C34H34ClN3O3. The van der Waals surface area contributed by atoms with Crippen molar-refractivity contribution in [3.8, 4) is 11.3 Å². The highest BCUT2D eigenvalue weighted by Gasteiger charge is 2.41. The minimum atomic E-state index is -0.799. The molecule has 2 fully saturated rings. The molecule has 6 rings (SSSR count). The molecule has 1 aromatic heterocycles. The van der Waals surface area contributed by atoms with E-state index in [9.17, 15) is 9.59 Å². The number of carbonyl (C=O) groups is 2. The summed E-state index contributed by atoms with van der Waals surface area (Å²) in [5.41, 5.74) is 5.92. The average Bonchev–Trinajstić information content (AvgIpc) is 2.98. The lowest BCUT2D eigenvalue weighted by Crippen LogP contribution is -2.49. The van der Waals surface area contributed by atoms with E-state index in [1.807, 2.05) is 42.5 Å². The number of aliphatic carboxylic acids is 1. The maximum absolute atomic E-state index is 13.8. The number of carboxylic acid groups (broad SMARTS) is 1. The summed E-state index contributed by atoms with van der Waals surface area (Å²) in [6, 6.07) is 23.9. The Labute approximate surface area is 245 Å². The van der Waals surface area contributed by atoms with Gasteiger partial charge < -0.3 is 10.0 Å². The van der Waals surface area contributed by atoms with Crippen molar-refractivity contribution < 1.29 is 14.7 Å². The van der Waals surface area contributed by atoms with Gasteiger partial charge in [0.15, 0.2) is 0 Å². The number of fused-ring (bicyclic) bond motifs is 3. The first-order valence-corrected chi connectivity index (χ1v) is 15.0. The molecule has 0 radical (unpaired) electrons. The van der Waals surface area contributed by atoms with Crippen molar-refractivity contribution >= 4 is 34.5 Å². The molecule has 0 spiro atoms. The van der Waals surface area contributed by atoms with Crippen molar-refractivity contribution in [1.29, 1.82) is 0 Å². The summed E-state index contributed by atoms with van der Waals surface area (Å²) in [6.07, 6.45) is 5.52. The zero-order chi connectivity index (χ0) is 28.3. The Balaban J connectivity index is 1.27. The molecule has 2 aliphatic rings. The third-order valence-electron chi connectivity index (χ3n) is 8.70. The molecule has 4 aromatic rings. The van der Waals surface area contributed by atoms with Crippen LogP contribution in [-0.2, 0) is 11.2 Å². The maximum atomic E-state index is 13.8. The lowest BCUT2D eigenvalue weighted by molar-refractivity contribution is -0.137. The summed E-state index contributed by atoms with van der Waals surface area (Å²) in [5.74, 6) is 0.739. The lowest BCUT2D eigenvalue weighted by Gasteiger charge is -2.47. The van der Waals surface area contributed by atoms with Crippen molar-refractivity contribution in [3.63, 3.8) is 0 Å². The van der Waals surface area contributed by atoms with E-state index >= 15 is 0 Å². The van der Waals surface area contributed by atoms with Gasteiger partial charge in [0, 0.05) is 35.7 Å². The Kier molecular flexibility index (Phi) is 8.02. The molecule has 6 nitrogen and oxygen atoms in total. The molecule has 3 aromatic carbocycles. The topological polar surface area (TPSA) is 83.4 Å². The normalized spacial score (nSPS) is 20.2. The van der Waals surface area contributed by atoms with Crippen LogP contribution in [0.15, 0.2) is 72.8 Å². The number of aromatic nitrogens is 2. The minimum absolute atomic E-state index is 0.0573. The van der Waals surface area contributed by atoms with Gasteiger partial charge in [-0.15, -0.1) is 0 Å². The van der Waals surface area contributed by atoms with E-state index < -0.39 is 5.97 Å². The second-order valence-electron chi connectivity index (χ2n) is 11.4. The smallest absolute Gasteiger partial charge is 0.303 e. The van der Waals surface area contributed by atoms with E-state index in [2.05, 4.69) is 35.2 Å². The molecule has 1 saturated carbocycles. The van der Waals surface area contributed by atoms with Crippen molar-refractivity contribution in [1.82, 2.24) is 14.9 Å². The summed E-state index contributed by atoms with van der Waals surface area (Å²) >= 11 is 6.12. The predicted octanol–water partition coefficient (Wildman–Crippen LogP) is 7.40. The number of hydrogen-bond donors (Lipinski definition) is 1. The standard InChI is InChI=1S/C34H34ClN3O3/c35-27-16-13-23(14-17-27)33-29(11-4-5-12-31(39)40)36-30-19-24(15-18-28(30)37-33)34(41)38-20-25-9-6-10-26(21-38)32(25)22-7-2-1-3-8-22/h1-3,7-8,13-19,25-26,32H,4-6,9-12,20-21H2,(H,39,40)/t25-,26+,32-. The first-order chi connectivity index (χ1) is 20.0. The number of amides is 1. The van der Waals surface area contributed by atoms with Crippen LogP contribution in [0.5, 0.6) is 0 Å². The van der Waals surface area contributed by atoms with Gasteiger partial charge in [0.2, 0.25) is 0 Å². The van der Waals surface area contributed by atoms with Crippen molar-refractivity contribution in [3.05, 3.63) is 94.6 Å². The van der Waals surface area contributed by atoms with Gasteiger partial charge in [-0.05, 0) is 85.8 Å². The Morgan fingerprint density at radius 1 is 0.878 bits per heavy atom. The number of carbonyl (C=O) groups excluding carboxylic acids is 1. The summed E-state index contributed by atoms with van der Waals surface area (Å²) in [5, 5.41) is 9.69. The lowest BCUT2D eigenvalue weighted by atomic mass is 9.66. The van der Waals surface area contributed by atoms with Crippen LogP contribution in [0.2, 0.25) is 5.02 Å². The van der Waals surface area contributed by atoms with E-state index in [1.165, 1.54) is 12.0 Å². The molecular weight excluding hydrogens is 534 g/mol. The second kappa shape index (κ2) is 12.0. The number of likely N-dealkylation sites (tertiary alicyclic amines) is 1. The number of rotatable bonds is 8. The third-order valence-corrected chi connectivity index (χ3v) is 8.95. The van der Waals surface area contributed by atoms with Crippen LogP contribution in [0.25, 0.3) is 22.3 Å². The van der Waals surface area contributed by atoms with Gasteiger partial charge in [0.25, 0.3) is 5.91 Å². The second-order valence-corrected chi connectivity index (χ2v) is 11.9. The number of aryl methyl sites for hydroxylation is 1. The molecule has 3 atom stereocenters. The molecule has 1 saturated heterocycles. The van der Waals surface area contributed by atoms with E-state index in [1.54, 1.807) is 0 Å². The SMILES string of the molecule is O=C(O)CCCCc1nc2cc(C(=O)N3C[C@H]4CCC[C@@H](C3)[C@@H]4c3ccccc3)ccc2nc1-c1ccc(Cl)cc1. The highest BCUT2D eigenvalue weighted by atomic mass is 35.5. The third kappa shape index (κ3) is 5.98. The number of benzene rings is 3. The fraction of sp³-hybridized carbons (Fsp3) is 0.353. The average molecular weight is 568 g/mol. The summed E-state index contributed by atoms with van der Waals surface area (Å²) in [4.78, 5) is 36.8. The highest BCUT2D eigenvalue weighted by molar-refractivity contribution is 6.30. The van der Waals surface area contributed by atoms with Crippen molar-refractivity contribution in [2.75, 3.05) is 13.1 Å². The molecule has 41 heavy (non-hydrogen) atoms. The molecule has 1 aliphatic carbocycles. The summed E-state index contributed by atoms with van der Waals surface area (Å²) < 4.78 is 0. The Bertz CT molecular complexity index is 1540. The molecule has 1 amide bonds. The van der Waals surface area contributed by atoms with Crippen LogP contribution in [0.4, 0.5) is 0 Å². The number of hydrogen-bond acceptors (Lipinski definition) is 4. The van der Waals surface area contributed by atoms with Gasteiger partial charge in [-0.25, -0.2) is 9.97 Å². The van der Waals surface area contributed by atoms with Gasteiger partial charge in [-0.1, -0.05) is 60.5 Å². The van der Waals surface area contributed by atoms with Gasteiger partial charge in [0.1, 0.15) is 0 Å². The Morgan fingerprint density at radius 2 is 1.61 bits per heavy atom. The van der Waals surface area contributed by atoms with Gasteiger partial charge in [0.05, 0.1) is 22.4 Å². The van der Waals surface area contributed by atoms with Crippen LogP contribution >= 0.6 is 11.6 Å². The Hall–Kier alpha value is -3.77. The molecule has 0 unspecified atom stereocenters. The number of piperidine rings is 1. The molecule has 210 valence electrons. The number of nitrogens with zero attached hydrogens (tertiary/aromatic N) is 3. The first-order valence-electron chi connectivity index (χ1n) is 14.6. The zero-order valence-corrected chi connectivity index (χ0v) is 23.8. The largest absolute Gasteiger partial charge is 0.481 e. The van der Waals surface area contributed by atoms with Crippen molar-refractivity contribution in [2.45, 2.75) is 50.9 Å². The predicted molar refractivity (Wildman–Crippen MR) is 161 cm³/mol. The van der Waals surface area contributed by atoms with Crippen LogP contribution in [0.3, 0.4) is 0 Å². The number of halogens is 1. The van der Waals surface area contributed by atoms with E-state index in [4.69, 9.17) is 26.7 Å². The van der Waals surface area contributed by atoms with Crippen molar-refractivity contribution in [2.24, 2.45) is 11.8 Å². The van der Waals surface area contributed by atoms with Gasteiger partial charge in [-0.2, -0.15) is 0 Å². The van der Waals surface area contributed by atoms with E-state index in [0.717, 1.165) is 48.4 Å². The molecule has 7 heteroatoms. The number of unbranched alkanes of at least 4 members (excludes halogenated alkanes) is 1. The van der Waals surface area contributed by atoms with Crippen LogP contribution in [-0.4, -0.2) is 44.9 Å². The highest BCUT2D eigenvalue weighted by Crippen LogP contribution is 2.46. The molecule has 2 heterocycles. The summed E-state index contributed by atoms with van der Waals surface area (Å²) in [7, 11) is 0.